The molecule has 21 heavy (non-hydrogen) atoms. The molecular formula is C12H19F3N4O2. The van der Waals surface area contributed by atoms with Gasteiger partial charge in [0.1, 0.15) is 5.69 Å². The number of rotatable bonds is 8. The normalized spacial score (nSPS) is 11.7. The van der Waals surface area contributed by atoms with E-state index in [4.69, 9.17) is 0 Å². The van der Waals surface area contributed by atoms with Crippen LogP contribution >= 0.6 is 0 Å². The van der Waals surface area contributed by atoms with Crippen molar-refractivity contribution in [3.05, 3.63) is 15.8 Å². The maximum atomic E-state index is 12.0. The van der Waals surface area contributed by atoms with E-state index in [0.29, 0.717) is 12.2 Å². The van der Waals surface area contributed by atoms with Crippen LogP contribution in [0.1, 0.15) is 38.3 Å². The molecule has 0 amide bonds. The van der Waals surface area contributed by atoms with Gasteiger partial charge in [-0.25, -0.2) is 4.68 Å². The van der Waals surface area contributed by atoms with E-state index in [1.165, 1.54) is 4.68 Å². The molecule has 120 valence electrons. The first-order chi connectivity index (χ1) is 9.76. The Morgan fingerprint density at radius 2 is 2.05 bits per heavy atom. The fraction of sp³-hybridized carbons (Fsp3) is 0.750. The van der Waals surface area contributed by atoms with Gasteiger partial charge in [0.15, 0.2) is 0 Å². The first kappa shape index (κ1) is 17.3. The molecule has 1 rings (SSSR count). The van der Waals surface area contributed by atoms with Gasteiger partial charge in [0.25, 0.3) is 0 Å². The fourth-order valence-corrected chi connectivity index (χ4v) is 2.00. The number of hydrogen-bond donors (Lipinski definition) is 1. The van der Waals surface area contributed by atoms with Crippen LogP contribution in [0.2, 0.25) is 0 Å². The molecule has 9 heteroatoms. The highest BCUT2D eigenvalue weighted by atomic mass is 19.4. The lowest BCUT2D eigenvalue weighted by Crippen LogP contribution is -2.12. The van der Waals surface area contributed by atoms with Crippen LogP contribution < -0.4 is 5.32 Å². The summed E-state index contributed by atoms with van der Waals surface area (Å²) in [6.07, 6.45) is -3.98. The molecule has 0 saturated carbocycles. The van der Waals surface area contributed by atoms with Crippen LogP contribution in [0.3, 0.4) is 0 Å². The molecule has 1 heterocycles. The number of hydrogen-bond acceptors (Lipinski definition) is 4. The lowest BCUT2D eigenvalue weighted by Gasteiger charge is -2.09. The van der Waals surface area contributed by atoms with E-state index < -0.39 is 17.5 Å². The van der Waals surface area contributed by atoms with Crippen LogP contribution in [0.25, 0.3) is 0 Å². The van der Waals surface area contributed by atoms with Crippen molar-refractivity contribution in [3.8, 4) is 0 Å². The highest BCUT2D eigenvalue weighted by Gasteiger charge is 2.27. The van der Waals surface area contributed by atoms with Crippen molar-refractivity contribution in [2.24, 2.45) is 0 Å². The Hall–Kier alpha value is -1.80. The van der Waals surface area contributed by atoms with E-state index in [2.05, 4.69) is 10.4 Å². The molecule has 0 spiro atoms. The van der Waals surface area contributed by atoms with E-state index in [1.54, 1.807) is 6.92 Å². The number of nitrogens with one attached hydrogen (secondary N) is 1. The van der Waals surface area contributed by atoms with E-state index in [1.807, 2.05) is 6.92 Å². The number of anilines is 1. The third-order valence-corrected chi connectivity index (χ3v) is 2.89. The summed E-state index contributed by atoms with van der Waals surface area (Å²) >= 11 is 0. The Labute approximate surface area is 120 Å². The number of aromatic nitrogens is 2. The molecule has 0 fully saturated rings. The summed E-state index contributed by atoms with van der Waals surface area (Å²) in [6.45, 7) is 4.21. The molecule has 0 unspecified atom stereocenters. The van der Waals surface area contributed by atoms with Crippen LogP contribution in [0, 0.1) is 17.0 Å². The summed E-state index contributed by atoms with van der Waals surface area (Å²) in [6, 6.07) is 0. The smallest absolute Gasteiger partial charge is 0.365 e. The van der Waals surface area contributed by atoms with Crippen LogP contribution in [0.15, 0.2) is 0 Å². The van der Waals surface area contributed by atoms with E-state index in [9.17, 15) is 23.3 Å². The molecule has 0 aliphatic carbocycles. The van der Waals surface area contributed by atoms with Crippen molar-refractivity contribution in [3.63, 3.8) is 0 Å². The Morgan fingerprint density at radius 3 is 2.57 bits per heavy atom. The Bertz CT molecular complexity index is 486. The van der Waals surface area contributed by atoms with Crippen molar-refractivity contribution in [2.45, 2.75) is 52.3 Å². The molecule has 0 bridgehead atoms. The monoisotopic (exact) mass is 308 g/mol. The zero-order chi connectivity index (χ0) is 16.0. The SMILES string of the molecule is CCCn1nc(C)c([N+](=O)[O-])c1NCCCCC(F)(F)F. The number of aryl methyl sites for hydroxylation is 2. The third kappa shape index (κ3) is 5.24. The Morgan fingerprint density at radius 1 is 1.38 bits per heavy atom. The molecule has 0 atom stereocenters. The minimum atomic E-state index is -4.16. The third-order valence-electron chi connectivity index (χ3n) is 2.89. The van der Waals surface area contributed by atoms with Crippen molar-refractivity contribution >= 4 is 11.5 Å². The number of alkyl halides is 3. The predicted molar refractivity (Wildman–Crippen MR) is 72.3 cm³/mol. The Balaban J connectivity index is 2.66. The molecule has 0 aliphatic heterocycles. The van der Waals surface area contributed by atoms with Gasteiger partial charge in [0, 0.05) is 19.5 Å². The first-order valence-corrected chi connectivity index (χ1v) is 6.78. The van der Waals surface area contributed by atoms with Gasteiger partial charge in [0.05, 0.1) is 4.92 Å². The largest absolute Gasteiger partial charge is 0.389 e. The lowest BCUT2D eigenvalue weighted by molar-refractivity contribution is -0.384. The van der Waals surface area contributed by atoms with Crippen LogP contribution in [0.4, 0.5) is 24.7 Å². The lowest BCUT2D eigenvalue weighted by atomic mass is 10.2. The van der Waals surface area contributed by atoms with Crippen LogP contribution in [0.5, 0.6) is 0 Å². The predicted octanol–water partition coefficient (Wildman–Crippen LogP) is 3.65. The van der Waals surface area contributed by atoms with Crippen molar-refractivity contribution in [1.29, 1.82) is 0 Å². The van der Waals surface area contributed by atoms with Crippen molar-refractivity contribution in [1.82, 2.24) is 9.78 Å². The zero-order valence-corrected chi connectivity index (χ0v) is 12.0. The molecule has 1 aromatic rings. The molecule has 0 aliphatic rings. The van der Waals surface area contributed by atoms with Crippen molar-refractivity contribution < 1.29 is 18.1 Å². The van der Waals surface area contributed by atoms with Gasteiger partial charge in [0.2, 0.25) is 5.82 Å². The quantitative estimate of drug-likeness (QED) is 0.452. The Kier molecular flexibility index (Phi) is 5.98. The molecule has 0 aromatic carbocycles. The van der Waals surface area contributed by atoms with Gasteiger partial charge in [-0.2, -0.15) is 18.3 Å². The first-order valence-electron chi connectivity index (χ1n) is 6.78. The molecule has 1 N–H and O–H groups in total. The molecule has 0 saturated heterocycles. The highest BCUT2D eigenvalue weighted by Crippen LogP contribution is 2.28. The second-order valence-electron chi connectivity index (χ2n) is 4.76. The number of nitrogens with zero attached hydrogens (tertiary/aromatic N) is 3. The molecule has 6 nitrogen and oxygen atoms in total. The van der Waals surface area contributed by atoms with Gasteiger partial charge < -0.3 is 5.32 Å². The molecular weight excluding hydrogens is 289 g/mol. The van der Waals surface area contributed by atoms with Gasteiger partial charge in [-0.3, -0.25) is 10.1 Å². The average molecular weight is 308 g/mol. The van der Waals surface area contributed by atoms with E-state index in [0.717, 1.165) is 6.42 Å². The van der Waals surface area contributed by atoms with Crippen LogP contribution in [-0.2, 0) is 6.54 Å². The number of halogens is 3. The van der Waals surface area contributed by atoms with Gasteiger partial charge >= 0.3 is 11.9 Å². The number of unbranched alkanes of at least 4 members (excludes halogenated alkanes) is 1. The van der Waals surface area contributed by atoms with E-state index >= 15 is 0 Å². The fourth-order valence-electron chi connectivity index (χ4n) is 2.00. The minimum Gasteiger partial charge on any atom is -0.365 e. The summed E-state index contributed by atoms with van der Waals surface area (Å²) < 4.78 is 37.6. The number of nitro groups is 1. The standard InChI is InChI=1S/C12H19F3N4O2/c1-3-8-18-11(10(19(20)21)9(2)17-18)16-7-5-4-6-12(13,14)15/h16H,3-8H2,1-2H3. The maximum absolute atomic E-state index is 12.0. The second kappa shape index (κ2) is 7.28. The average Bonchev–Trinajstić information content (AvgIpc) is 2.64. The minimum absolute atomic E-state index is 0.00874. The molecule has 1 aromatic heterocycles. The summed E-state index contributed by atoms with van der Waals surface area (Å²) in [5.41, 5.74) is 0.186. The van der Waals surface area contributed by atoms with E-state index in [-0.39, 0.29) is 30.9 Å². The van der Waals surface area contributed by atoms with Crippen molar-refractivity contribution in [2.75, 3.05) is 11.9 Å². The van der Waals surface area contributed by atoms with Gasteiger partial charge in [-0.05, 0) is 26.2 Å². The second-order valence-corrected chi connectivity index (χ2v) is 4.76. The summed E-state index contributed by atoms with van der Waals surface area (Å²) in [4.78, 5) is 10.5. The summed E-state index contributed by atoms with van der Waals surface area (Å²) in [7, 11) is 0. The van der Waals surface area contributed by atoms with Gasteiger partial charge in [-0.15, -0.1) is 0 Å². The maximum Gasteiger partial charge on any atom is 0.389 e. The zero-order valence-electron chi connectivity index (χ0n) is 12.0. The summed E-state index contributed by atoms with van der Waals surface area (Å²) in [5, 5.41) is 18.0. The summed E-state index contributed by atoms with van der Waals surface area (Å²) in [5.74, 6) is 0.270. The highest BCUT2D eigenvalue weighted by molar-refractivity contribution is 5.59. The van der Waals surface area contributed by atoms with Crippen LogP contribution in [-0.4, -0.2) is 27.4 Å². The topological polar surface area (TPSA) is 73.0 Å². The molecule has 0 radical (unpaired) electrons. The van der Waals surface area contributed by atoms with Gasteiger partial charge in [-0.1, -0.05) is 6.92 Å².